The lowest BCUT2D eigenvalue weighted by molar-refractivity contribution is -0.131. The SMILES string of the molecule is CCCC1CCC(NC(=O)COC(C)(C)C)CC1. The summed E-state index contributed by atoms with van der Waals surface area (Å²) in [4.78, 5) is 11.7. The summed E-state index contributed by atoms with van der Waals surface area (Å²) < 4.78 is 5.48. The van der Waals surface area contributed by atoms with Crippen LogP contribution in [0.1, 0.15) is 66.2 Å². The molecule has 0 unspecified atom stereocenters. The van der Waals surface area contributed by atoms with E-state index in [4.69, 9.17) is 4.74 Å². The Labute approximate surface area is 112 Å². The summed E-state index contributed by atoms with van der Waals surface area (Å²) in [5.74, 6) is 0.915. The first kappa shape index (κ1) is 15.5. The number of nitrogens with one attached hydrogen (secondary N) is 1. The van der Waals surface area contributed by atoms with Gasteiger partial charge in [-0.3, -0.25) is 4.79 Å². The van der Waals surface area contributed by atoms with Crippen molar-refractivity contribution in [2.24, 2.45) is 5.92 Å². The summed E-state index contributed by atoms with van der Waals surface area (Å²) in [5.41, 5.74) is -0.240. The Morgan fingerprint density at radius 3 is 2.33 bits per heavy atom. The molecule has 1 saturated carbocycles. The minimum absolute atomic E-state index is 0.0314. The number of amides is 1. The Bertz CT molecular complexity index is 250. The van der Waals surface area contributed by atoms with E-state index >= 15 is 0 Å². The number of hydrogen-bond acceptors (Lipinski definition) is 2. The number of carbonyl (C=O) groups excluding carboxylic acids is 1. The van der Waals surface area contributed by atoms with Crippen LogP contribution in [0.25, 0.3) is 0 Å². The van der Waals surface area contributed by atoms with Crippen LogP contribution < -0.4 is 5.32 Å². The Hall–Kier alpha value is -0.570. The molecule has 1 N–H and O–H groups in total. The molecule has 3 nitrogen and oxygen atoms in total. The van der Waals surface area contributed by atoms with Gasteiger partial charge in [-0.1, -0.05) is 19.8 Å². The monoisotopic (exact) mass is 255 g/mol. The van der Waals surface area contributed by atoms with E-state index in [1.807, 2.05) is 20.8 Å². The van der Waals surface area contributed by atoms with E-state index in [9.17, 15) is 4.79 Å². The van der Waals surface area contributed by atoms with Gasteiger partial charge in [0.05, 0.1) is 5.60 Å². The topological polar surface area (TPSA) is 38.3 Å². The van der Waals surface area contributed by atoms with Gasteiger partial charge in [0.15, 0.2) is 0 Å². The van der Waals surface area contributed by atoms with Crippen LogP contribution in [-0.2, 0) is 9.53 Å². The lowest BCUT2D eigenvalue weighted by Crippen LogP contribution is -2.40. The minimum atomic E-state index is -0.240. The van der Waals surface area contributed by atoms with Gasteiger partial charge < -0.3 is 10.1 Å². The highest BCUT2D eigenvalue weighted by Crippen LogP contribution is 2.27. The van der Waals surface area contributed by atoms with Gasteiger partial charge in [-0.15, -0.1) is 0 Å². The maximum Gasteiger partial charge on any atom is 0.246 e. The van der Waals surface area contributed by atoms with Crippen molar-refractivity contribution < 1.29 is 9.53 Å². The van der Waals surface area contributed by atoms with Crippen LogP contribution >= 0.6 is 0 Å². The molecular formula is C15H29NO2. The van der Waals surface area contributed by atoms with Crippen molar-refractivity contribution in [3.05, 3.63) is 0 Å². The molecule has 0 aromatic carbocycles. The van der Waals surface area contributed by atoms with E-state index in [2.05, 4.69) is 12.2 Å². The fourth-order valence-corrected chi connectivity index (χ4v) is 2.56. The third-order valence-corrected chi connectivity index (χ3v) is 3.55. The van der Waals surface area contributed by atoms with E-state index in [-0.39, 0.29) is 18.1 Å². The number of carbonyl (C=O) groups is 1. The van der Waals surface area contributed by atoms with Crippen LogP contribution in [0.4, 0.5) is 0 Å². The summed E-state index contributed by atoms with van der Waals surface area (Å²) in [7, 11) is 0. The summed E-state index contributed by atoms with van der Waals surface area (Å²) in [6, 6.07) is 0.370. The molecule has 1 rings (SSSR count). The van der Waals surface area contributed by atoms with Crippen molar-refractivity contribution in [2.75, 3.05) is 6.61 Å². The highest BCUT2D eigenvalue weighted by Gasteiger charge is 2.22. The summed E-state index contributed by atoms with van der Waals surface area (Å²) >= 11 is 0. The molecule has 0 spiro atoms. The van der Waals surface area contributed by atoms with Gasteiger partial charge >= 0.3 is 0 Å². The zero-order valence-electron chi connectivity index (χ0n) is 12.4. The van der Waals surface area contributed by atoms with Gasteiger partial charge in [0.2, 0.25) is 5.91 Å². The fraction of sp³-hybridized carbons (Fsp3) is 0.933. The zero-order valence-corrected chi connectivity index (χ0v) is 12.4. The molecule has 0 radical (unpaired) electrons. The second-order valence-corrected chi connectivity index (χ2v) is 6.47. The lowest BCUT2D eigenvalue weighted by Gasteiger charge is -2.29. The molecule has 0 bridgehead atoms. The molecule has 1 aliphatic rings. The molecule has 106 valence electrons. The minimum Gasteiger partial charge on any atom is -0.366 e. The van der Waals surface area contributed by atoms with Crippen LogP contribution in [0, 0.1) is 5.92 Å². The average Bonchev–Trinajstić information content (AvgIpc) is 2.29. The van der Waals surface area contributed by atoms with Crippen LogP contribution in [0.3, 0.4) is 0 Å². The zero-order chi connectivity index (χ0) is 13.6. The smallest absolute Gasteiger partial charge is 0.246 e. The highest BCUT2D eigenvalue weighted by atomic mass is 16.5. The van der Waals surface area contributed by atoms with E-state index in [1.165, 1.54) is 25.7 Å². The maximum absolute atomic E-state index is 11.7. The van der Waals surface area contributed by atoms with Gasteiger partial charge in [-0.2, -0.15) is 0 Å². The third-order valence-electron chi connectivity index (χ3n) is 3.55. The predicted molar refractivity (Wildman–Crippen MR) is 74.5 cm³/mol. The van der Waals surface area contributed by atoms with Crippen molar-refractivity contribution in [2.45, 2.75) is 77.9 Å². The maximum atomic E-state index is 11.7. The van der Waals surface area contributed by atoms with Crippen LogP contribution in [0.5, 0.6) is 0 Å². The van der Waals surface area contributed by atoms with Crippen molar-refractivity contribution in [1.29, 1.82) is 0 Å². The molecule has 0 aliphatic heterocycles. The molecule has 0 aromatic rings. The van der Waals surface area contributed by atoms with Gasteiger partial charge in [-0.05, 0) is 52.4 Å². The molecule has 1 fully saturated rings. The van der Waals surface area contributed by atoms with Gasteiger partial charge in [-0.25, -0.2) is 0 Å². The van der Waals surface area contributed by atoms with Crippen LogP contribution in [0.15, 0.2) is 0 Å². The molecule has 1 aliphatic carbocycles. The lowest BCUT2D eigenvalue weighted by atomic mass is 9.83. The Kier molecular flexibility index (Phi) is 6.13. The van der Waals surface area contributed by atoms with Crippen LogP contribution in [0.2, 0.25) is 0 Å². The summed E-state index contributed by atoms with van der Waals surface area (Å²) in [6.45, 7) is 8.33. The highest BCUT2D eigenvalue weighted by molar-refractivity contribution is 5.77. The predicted octanol–water partition coefficient (Wildman–Crippen LogP) is 3.28. The van der Waals surface area contributed by atoms with E-state index in [0.29, 0.717) is 6.04 Å². The van der Waals surface area contributed by atoms with E-state index in [1.54, 1.807) is 0 Å². The molecule has 0 saturated heterocycles. The van der Waals surface area contributed by atoms with E-state index < -0.39 is 0 Å². The Balaban J connectivity index is 2.18. The Morgan fingerprint density at radius 2 is 1.83 bits per heavy atom. The molecule has 3 heteroatoms. The first-order valence-electron chi connectivity index (χ1n) is 7.34. The van der Waals surface area contributed by atoms with Crippen LogP contribution in [-0.4, -0.2) is 24.2 Å². The third kappa shape index (κ3) is 6.39. The first-order chi connectivity index (χ1) is 8.40. The van der Waals surface area contributed by atoms with Gasteiger partial charge in [0, 0.05) is 6.04 Å². The summed E-state index contributed by atoms with van der Waals surface area (Å²) in [5, 5.41) is 3.09. The van der Waals surface area contributed by atoms with Crippen molar-refractivity contribution in [3.8, 4) is 0 Å². The number of rotatable bonds is 5. The quantitative estimate of drug-likeness (QED) is 0.818. The van der Waals surface area contributed by atoms with Crippen molar-refractivity contribution in [1.82, 2.24) is 5.32 Å². The summed E-state index contributed by atoms with van der Waals surface area (Å²) in [6.07, 6.45) is 7.41. The molecule has 1 amide bonds. The average molecular weight is 255 g/mol. The molecule has 0 atom stereocenters. The molecule has 0 aromatic heterocycles. The van der Waals surface area contributed by atoms with Crippen molar-refractivity contribution in [3.63, 3.8) is 0 Å². The second-order valence-electron chi connectivity index (χ2n) is 6.47. The van der Waals surface area contributed by atoms with E-state index in [0.717, 1.165) is 18.8 Å². The Morgan fingerprint density at radius 1 is 1.22 bits per heavy atom. The second kappa shape index (κ2) is 7.13. The molecule has 18 heavy (non-hydrogen) atoms. The first-order valence-corrected chi connectivity index (χ1v) is 7.34. The fourth-order valence-electron chi connectivity index (χ4n) is 2.56. The number of hydrogen-bond donors (Lipinski definition) is 1. The number of ether oxygens (including phenoxy) is 1. The molecular weight excluding hydrogens is 226 g/mol. The standard InChI is InChI=1S/C15H29NO2/c1-5-6-12-7-9-13(10-8-12)16-14(17)11-18-15(2,3)4/h12-13H,5-11H2,1-4H3,(H,16,17). The van der Waals surface area contributed by atoms with Gasteiger partial charge in [0.1, 0.15) is 6.61 Å². The van der Waals surface area contributed by atoms with Crippen molar-refractivity contribution >= 4 is 5.91 Å². The molecule has 0 heterocycles. The normalized spacial score (nSPS) is 24.9. The largest absolute Gasteiger partial charge is 0.366 e. The van der Waals surface area contributed by atoms with Gasteiger partial charge in [0.25, 0.3) is 0 Å².